The van der Waals surface area contributed by atoms with E-state index >= 15 is 0 Å². The molecular weight excluding hydrogens is 438 g/mol. The fourth-order valence-corrected chi connectivity index (χ4v) is 4.83. The minimum atomic E-state index is -0.180. The van der Waals surface area contributed by atoms with Gasteiger partial charge >= 0.3 is 0 Å². The zero-order valence-corrected chi connectivity index (χ0v) is 20.9. The molecule has 0 aliphatic carbocycles. The lowest BCUT2D eigenvalue weighted by molar-refractivity contribution is -0.127. The third kappa shape index (κ3) is 6.54. The van der Waals surface area contributed by atoms with Crippen LogP contribution in [0.15, 0.2) is 42.7 Å². The van der Waals surface area contributed by atoms with E-state index in [2.05, 4.69) is 44.3 Å². The third-order valence-corrected chi connectivity index (χ3v) is 7.10. The molecule has 1 atom stereocenters. The second kappa shape index (κ2) is 12.1. The van der Waals surface area contributed by atoms with Crippen molar-refractivity contribution in [2.24, 2.45) is 5.92 Å². The van der Waals surface area contributed by atoms with Crippen LogP contribution in [0.5, 0.6) is 0 Å². The van der Waals surface area contributed by atoms with Crippen LogP contribution in [-0.2, 0) is 9.59 Å². The number of carbonyl (C=O) groups is 2. The SMILES string of the molecule is CCC(=O)CCCCCC(NC(=O)C1CCN(C)CC1)c1ncc(-c2cccc3cccnc23)[nH]1. The Hall–Kier alpha value is -3.06. The number of carbonyl (C=O) groups excluding carboxylic acids is 2. The molecule has 1 unspecified atom stereocenters. The second-order valence-corrected chi connectivity index (χ2v) is 9.69. The summed E-state index contributed by atoms with van der Waals surface area (Å²) in [7, 11) is 2.10. The van der Waals surface area contributed by atoms with E-state index in [1.807, 2.05) is 31.3 Å². The number of ketones is 1. The summed E-state index contributed by atoms with van der Waals surface area (Å²) in [6.07, 6.45) is 10.2. The first-order chi connectivity index (χ1) is 17.0. The number of nitrogens with one attached hydrogen (secondary N) is 2. The Labute approximate surface area is 207 Å². The van der Waals surface area contributed by atoms with Gasteiger partial charge in [-0.1, -0.05) is 44.0 Å². The number of benzene rings is 1. The Balaban J connectivity index is 1.48. The first kappa shape index (κ1) is 25.0. The normalized spacial score (nSPS) is 15.8. The number of piperidine rings is 1. The molecule has 1 amide bonds. The number of aromatic amines is 1. The molecule has 0 spiro atoms. The summed E-state index contributed by atoms with van der Waals surface area (Å²) in [5.74, 6) is 1.26. The smallest absolute Gasteiger partial charge is 0.223 e. The number of aromatic nitrogens is 3. The number of likely N-dealkylation sites (tertiary alicyclic amines) is 1. The van der Waals surface area contributed by atoms with E-state index in [0.29, 0.717) is 18.6 Å². The number of nitrogens with zero attached hydrogens (tertiary/aromatic N) is 3. The Morgan fingerprint density at radius 1 is 1.11 bits per heavy atom. The van der Waals surface area contributed by atoms with Gasteiger partial charge in [0.1, 0.15) is 11.6 Å². The molecule has 3 aromatic rings. The average molecular weight is 476 g/mol. The van der Waals surface area contributed by atoms with Gasteiger partial charge in [-0.3, -0.25) is 14.6 Å². The second-order valence-electron chi connectivity index (χ2n) is 9.69. The van der Waals surface area contributed by atoms with E-state index < -0.39 is 0 Å². The van der Waals surface area contributed by atoms with Gasteiger partial charge in [-0.05, 0) is 51.9 Å². The van der Waals surface area contributed by atoms with Crippen LogP contribution in [0.1, 0.15) is 70.2 Å². The van der Waals surface area contributed by atoms with E-state index in [1.54, 1.807) is 6.20 Å². The lowest BCUT2D eigenvalue weighted by atomic mass is 9.95. The van der Waals surface area contributed by atoms with Gasteiger partial charge in [0.25, 0.3) is 0 Å². The number of para-hydroxylation sites is 1. The highest BCUT2D eigenvalue weighted by molar-refractivity contribution is 5.92. The van der Waals surface area contributed by atoms with E-state index in [0.717, 1.165) is 79.6 Å². The predicted molar refractivity (Wildman–Crippen MR) is 139 cm³/mol. The van der Waals surface area contributed by atoms with Crippen LogP contribution in [-0.4, -0.2) is 51.7 Å². The minimum absolute atomic E-state index is 0.0487. The molecule has 186 valence electrons. The zero-order valence-electron chi connectivity index (χ0n) is 20.9. The monoisotopic (exact) mass is 475 g/mol. The number of amides is 1. The minimum Gasteiger partial charge on any atom is -0.346 e. The van der Waals surface area contributed by atoms with Gasteiger partial charge < -0.3 is 15.2 Å². The molecule has 7 nitrogen and oxygen atoms in total. The first-order valence-corrected chi connectivity index (χ1v) is 12.9. The van der Waals surface area contributed by atoms with Crippen LogP contribution in [0.4, 0.5) is 0 Å². The van der Waals surface area contributed by atoms with Crippen molar-refractivity contribution in [1.29, 1.82) is 0 Å². The maximum absolute atomic E-state index is 13.1. The molecule has 0 radical (unpaired) electrons. The number of imidazole rings is 1. The highest BCUT2D eigenvalue weighted by atomic mass is 16.2. The molecule has 1 saturated heterocycles. The summed E-state index contributed by atoms with van der Waals surface area (Å²) >= 11 is 0. The van der Waals surface area contributed by atoms with E-state index in [-0.39, 0.29) is 17.9 Å². The largest absolute Gasteiger partial charge is 0.346 e. The number of hydrogen-bond donors (Lipinski definition) is 2. The van der Waals surface area contributed by atoms with Crippen molar-refractivity contribution in [3.05, 3.63) is 48.5 Å². The van der Waals surface area contributed by atoms with Crippen molar-refractivity contribution in [1.82, 2.24) is 25.2 Å². The Kier molecular flexibility index (Phi) is 8.64. The molecule has 7 heteroatoms. The third-order valence-electron chi connectivity index (χ3n) is 7.10. The topological polar surface area (TPSA) is 91.0 Å². The van der Waals surface area contributed by atoms with Crippen molar-refractivity contribution in [2.45, 2.75) is 64.3 Å². The van der Waals surface area contributed by atoms with Crippen molar-refractivity contribution in [2.75, 3.05) is 20.1 Å². The standard InChI is InChI=1S/C28H37N5O2/c1-3-22(34)11-5-4-6-13-24(32-28(35)21-14-17-33(2)18-15-21)27-30-19-25(31-27)23-12-7-9-20-10-8-16-29-26(20)23/h7-10,12,16,19,21,24H,3-6,11,13-15,17-18H2,1-2H3,(H,30,31)(H,32,35). The van der Waals surface area contributed by atoms with E-state index in [4.69, 9.17) is 0 Å². The van der Waals surface area contributed by atoms with Crippen molar-refractivity contribution in [3.8, 4) is 11.3 Å². The maximum Gasteiger partial charge on any atom is 0.223 e. The number of unbranched alkanes of at least 4 members (excludes halogenated alkanes) is 2. The lowest BCUT2D eigenvalue weighted by Gasteiger charge is -2.29. The summed E-state index contributed by atoms with van der Waals surface area (Å²) in [4.78, 5) is 39.8. The van der Waals surface area contributed by atoms with Crippen LogP contribution in [0.2, 0.25) is 0 Å². The number of fused-ring (bicyclic) bond motifs is 1. The number of H-pyrrole nitrogens is 1. The summed E-state index contributed by atoms with van der Waals surface area (Å²) < 4.78 is 0. The van der Waals surface area contributed by atoms with Crippen LogP contribution >= 0.6 is 0 Å². The number of rotatable bonds is 11. The van der Waals surface area contributed by atoms with Crippen molar-refractivity contribution >= 4 is 22.6 Å². The Morgan fingerprint density at radius 2 is 1.91 bits per heavy atom. The Bertz CT molecular complexity index is 1130. The van der Waals surface area contributed by atoms with Crippen LogP contribution < -0.4 is 5.32 Å². The number of Topliss-reactive ketones (excluding diaryl/α,β-unsaturated/α-hetero) is 1. The van der Waals surface area contributed by atoms with Gasteiger partial charge in [0.05, 0.1) is 23.4 Å². The van der Waals surface area contributed by atoms with Gasteiger partial charge in [0.2, 0.25) is 5.91 Å². The lowest BCUT2D eigenvalue weighted by Crippen LogP contribution is -2.40. The molecule has 1 aliphatic heterocycles. The average Bonchev–Trinajstić information content (AvgIpc) is 3.37. The molecule has 4 rings (SSSR count). The molecule has 2 N–H and O–H groups in total. The van der Waals surface area contributed by atoms with Gasteiger partial charge in [-0.25, -0.2) is 4.98 Å². The van der Waals surface area contributed by atoms with E-state index in [1.165, 1.54) is 0 Å². The maximum atomic E-state index is 13.1. The highest BCUT2D eigenvalue weighted by Crippen LogP contribution is 2.28. The molecule has 0 bridgehead atoms. The van der Waals surface area contributed by atoms with Crippen LogP contribution in [0.3, 0.4) is 0 Å². The summed E-state index contributed by atoms with van der Waals surface area (Å²) in [6, 6.07) is 9.93. The molecule has 1 aliphatic rings. The summed E-state index contributed by atoms with van der Waals surface area (Å²) in [6.45, 7) is 3.82. The summed E-state index contributed by atoms with van der Waals surface area (Å²) in [5.41, 5.74) is 2.83. The molecular formula is C28H37N5O2. The highest BCUT2D eigenvalue weighted by Gasteiger charge is 2.26. The number of hydrogen-bond acceptors (Lipinski definition) is 5. The molecule has 1 fully saturated rings. The quantitative estimate of drug-likeness (QED) is 0.379. The molecule has 2 aromatic heterocycles. The van der Waals surface area contributed by atoms with Crippen LogP contribution in [0.25, 0.3) is 22.2 Å². The van der Waals surface area contributed by atoms with Gasteiger partial charge in [0, 0.05) is 35.9 Å². The zero-order chi connectivity index (χ0) is 24.6. The van der Waals surface area contributed by atoms with Gasteiger partial charge in [-0.15, -0.1) is 0 Å². The van der Waals surface area contributed by atoms with Crippen molar-refractivity contribution in [3.63, 3.8) is 0 Å². The predicted octanol–water partition coefficient (Wildman–Crippen LogP) is 5.05. The Morgan fingerprint density at radius 3 is 2.71 bits per heavy atom. The first-order valence-electron chi connectivity index (χ1n) is 12.9. The van der Waals surface area contributed by atoms with Crippen molar-refractivity contribution < 1.29 is 9.59 Å². The van der Waals surface area contributed by atoms with Crippen LogP contribution in [0, 0.1) is 5.92 Å². The van der Waals surface area contributed by atoms with E-state index in [9.17, 15) is 9.59 Å². The molecule has 1 aromatic carbocycles. The molecule has 3 heterocycles. The summed E-state index contributed by atoms with van der Waals surface area (Å²) in [5, 5.41) is 4.38. The van der Waals surface area contributed by atoms with Gasteiger partial charge in [-0.2, -0.15) is 0 Å². The van der Waals surface area contributed by atoms with Gasteiger partial charge in [0.15, 0.2) is 0 Å². The fraction of sp³-hybridized carbons (Fsp3) is 0.500. The molecule has 35 heavy (non-hydrogen) atoms. The molecule has 0 saturated carbocycles. The fourth-order valence-electron chi connectivity index (χ4n) is 4.83. The number of pyridine rings is 1.